The van der Waals surface area contributed by atoms with Gasteiger partial charge in [0, 0.05) is 37.0 Å². The smallest absolute Gasteiger partial charge is 0.132 e. The molecule has 0 aliphatic heterocycles. The van der Waals surface area contributed by atoms with Crippen LogP contribution < -0.4 is 0 Å². The van der Waals surface area contributed by atoms with Gasteiger partial charge in [0.25, 0.3) is 0 Å². The number of ether oxygens (including phenoxy) is 1. The van der Waals surface area contributed by atoms with Crippen LogP contribution in [0.25, 0.3) is 17.2 Å². The lowest BCUT2D eigenvalue weighted by Crippen LogP contribution is -2.18. The van der Waals surface area contributed by atoms with Crippen LogP contribution in [0.3, 0.4) is 0 Å². The predicted octanol–water partition coefficient (Wildman–Crippen LogP) is 4.36. The molecular formula is C27H36FNO5. The van der Waals surface area contributed by atoms with Gasteiger partial charge in [-0.25, -0.2) is 4.39 Å². The van der Waals surface area contributed by atoms with Crippen molar-refractivity contribution in [1.29, 1.82) is 0 Å². The number of aliphatic hydroxyl groups is 3. The number of hydrogen-bond donors (Lipinski definition) is 3. The molecule has 2 rings (SSSR count). The Balaban J connectivity index is 2.72. The van der Waals surface area contributed by atoms with Crippen LogP contribution in [0.15, 0.2) is 30.3 Å². The number of carbonyl (C=O) groups is 1. The van der Waals surface area contributed by atoms with E-state index in [2.05, 4.69) is 0 Å². The minimum Gasteiger partial charge on any atom is -0.396 e. The lowest BCUT2D eigenvalue weighted by Gasteiger charge is -2.24. The van der Waals surface area contributed by atoms with E-state index in [1.54, 1.807) is 31.4 Å². The van der Waals surface area contributed by atoms with Crippen molar-refractivity contribution in [2.75, 3.05) is 13.7 Å². The quantitative estimate of drug-likeness (QED) is 0.424. The van der Waals surface area contributed by atoms with E-state index in [1.807, 2.05) is 20.8 Å². The first-order chi connectivity index (χ1) is 16.1. The minimum absolute atomic E-state index is 0.0144. The van der Waals surface area contributed by atoms with E-state index in [-0.39, 0.29) is 49.5 Å². The van der Waals surface area contributed by atoms with Gasteiger partial charge in [0.05, 0.1) is 36.8 Å². The van der Waals surface area contributed by atoms with Gasteiger partial charge < -0.3 is 20.1 Å². The van der Waals surface area contributed by atoms with Crippen molar-refractivity contribution in [3.63, 3.8) is 0 Å². The van der Waals surface area contributed by atoms with Crippen LogP contribution in [0, 0.1) is 5.82 Å². The first-order valence-corrected chi connectivity index (χ1v) is 11.5. The van der Waals surface area contributed by atoms with E-state index in [1.165, 1.54) is 19.1 Å². The number of benzene rings is 1. The Bertz CT molecular complexity index is 988. The Morgan fingerprint density at radius 3 is 2.32 bits per heavy atom. The van der Waals surface area contributed by atoms with Gasteiger partial charge in [-0.15, -0.1) is 0 Å². The molecule has 186 valence electrons. The molecule has 0 fully saturated rings. The summed E-state index contributed by atoms with van der Waals surface area (Å²) in [5.74, 6) is -0.731. The summed E-state index contributed by atoms with van der Waals surface area (Å²) in [7, 11) is 1.58. The number of Topliss-reactive ketones (excluding diaryl/α,β-unsaturated/α-hetero) is 1. The van der Waals surface area contributed by atoms with Gasteiger partial charge in [0.15, 0.2) is 0 Å². The highest BCUT2D eigenvalue weighted by molar-refractivity contribution is 5.80. The number of nitrogens with zero attached hydrogens (tertiary/aromatic N) is 1. The monoisotopic (exact) mass is 473 g/mol. The SMILES string of the molecule is COCc1c([C@H](C)CO)nc(C(C)C)c(/C=C/C(O)CC(O)CC(C)=O)c1-c1ccc(F)cc1. The number of aliphatic hydroxyl groups excluding tert-OH is 3. The summed E-state index contributed by atoms with van der Waals surface area (Å²) in [6.45, 7) is 7.43. The lowest BCUT2D eigenvalue weighted by atomic mass is 9.86. The molecule has 0 spiro atoms. The third kappa shape index (κ3) is 7.27. The molecular weight excluding hydrogens is 437 g/mol. The highest BCUT2D eigenvalue weighted by atomic mass is 19.1. The molecule has 0 amide bonds. The average Bonchev–Trinajstić information content (AvgIpc) is 2.77. The van der Waals surface area contributed by atoms with E-state index in [0.717, 1.165) is 27.9 Å². The summed E-state index contributed by atoms with van der Waals surface area (Å²) in [5, 5.41) is 30.4. The van der Waals surface area contributed by atoms with Gasteiger partial charge in [-0.1, -0.05) is 45.1 Å². The van der Waals surface area contributed by atoms with E-state index >= 15 is 0 Å². The maximum Gasteiger partial charge on any atom is 0.132 e. The molecule has 1 heterocycles. The number of halogens is 1. The van der Waals surface area contributed by atoms with Crippen LogP contribution in [0.1, 0.15) is 74.9 Å². The summed E-state index contributed by atoms with van der Waals surface area (Å²) in [5.41, 5.74) is 4.57. The van der Waals surface area contributed by atoms with Crippen molar-refractivity contribution in [3.8, 4) is 11.1 Å². The Kier molecular flexibility index (Phi) is 10.5. The number of hydrogen-bond acceptors (Lipinski definition) is 6. The molecule has 2 unspecified atom stereocenters. The van der Waals surface area contributed by atoms with Crippen LogP contribution in [0.4, 0.5) is 4.39 Å². The van der Waals surface area contributed by atoms with Crippen molar-refractivity contribution < 1.29 is 29.2 Å². The third-order valence-electron chi connectivity index (χ3n) is 5.63. The fourth-order valence-electron chi connectivity index (χ4n) is 4.00. The molecule has 0 bridgehead atoms. The maximum atomic E-state index is 13.7. The standard InChI is InChI=1S/C27H36FNO5/c1-16(2)26-23(11-10-21(32)13-22(33)12-18(4)31)25(19-6-8-20(28)9-7-19)24(15-34-5)27(29-26)17(3)14-30/h6-11,16-17,21-22,30,32-33H,12-15H2,1-5H3/b11-10+/t17-,21?,22?/m1/s1. The number of carbonyl (C=O) groups excluding carboxylic acids is 1. The summed E-state index contributed by atoms with van der Waals surface area (Å²) < 4.78 is 19.2. The first-order valence-electron chi connectivity index (χ1n) is 11.5. The number of ketones is 1. The zero-order valence-corrected chi connectivity index (χ0v) is 20.6. The highest BCUT2D eigenvalue weighted by Crippen LogP contribution is 2.38. The van der Waals surface area contributed by atoms with Crippen molar-refractivity contribution in [1.82, 2.24) is 4.98 Å². The molecule has 3 atom stereocenters. The summed E-state index contributed by atoms with van der Waals surface area (Å²) in [4.78, 5) is 16.1. The molecule has 0 saturated carbocycles. The normalized spacial score (nSPS) is 14.5. The topological polar surface area (TPSA) is 99.9 Å². The number of methoxy groups -OCH3 is 1. The predicted molar refractivity (Wildman–Crippen MR) is 131 cm³/mol. The molecule has 0 aliphatic carbocycles. The summed E-state index contributed by atoms with van der Waals surface area (Å²) in [6.07, 6.45) is 1.43. The van der Waals surface area contributed by atoms with Crippen LogP contribution in [-0.4, -0.2) is 52.0 Å². The largest absolute Gasteiger partial charge is 0.396 e. The zero-order chi connectivity index (χ0) is 25.4. The number of pyridine rings is 1. The van der Waals surface area contributed by atoms with Crippen molar-refractivity contribution >= 4 is 11.9 Å². The molecule has 1 aromatic heterocycles. The number of rotatable bonds is 12. The van der Waals surface area contributed by atoms with Gasteiger partial charge in [-0.2, -0.15) is 0 Å². The third-order valence-corrected chi connectivity index (χ3v) is 5.63. The second-order valence-electron chi connectivity index (χ2n) is 9.05. The Morgan fingerprint density at radius 1 is 1.15 bits per heavy atom. The first kappa shape index (κ1) is 27.8. The Labute approximate surface area is 201 Å². The summed E-state index contributed by atoms with van der Waals surface area (Å²) in [6, 6.07) is 6.14. The van der Waals surface area contributed by atoms with Gasteiger partial charge in [0.1, 0.15) is 11.6 Å². The van der Waals surface area contributed by atoms with E-state index in [9.17, 15) is 24.5 Å². The Hall–Kier alpha value is -2.45. The summed E-state index contributed by atoms with van der Waals surface area (Å²) >= 11 is 0. The fourth-order valence-corrected chi connectivity index (χ4v) is 4.00. The molecule has 7 heteroatoms. The molecule has 1 aromatic carbocycles. The Morgan fingerprint density at radius 2 is 1.79 bits per heavy atom. The van der Waals surface area contributed by atoms with Gasteiger partial charge >= 0.3 is 0 Å². The minimum atomic E-state index is -0.975. The van der Waals surface area contributed by atoms with Crippen LogP contribution in [0.2, 0.25) is 0 Å². The van der Waals surface area contributed by atoms with Gasteiger partial charge in [-0.3, -0.25) is 9.78 Å². The second kappa shape index (κ2) is 12.9. The number of aromatic nitrogens is 1. The molecule has 34 heavy (non-hydrogen) atoms. The lowest BCUT2D eigenvalue weighted by molar-refractivity contribution is -0.119. The average molecular weight is 474 g/mol. The molecule has 0 saturated heterocycles. The van der Waals surface area contributed by atoms with Crippen LogP contribution in [0.5, 0.6) is 0 Å². The van der Waals surface area contributed by atoms with E-state index < -0.39 is 12.2 Å². The molecule has 6 nitrogen and oxygen atoms in total. The maximum absolute atomic E-state index is 13.7. The molecule has 0 aliphatic rings. The van der Waals surface area contributed by atoms with Crippen LogP contribution >= 0.6 is 0 Å². The van der Waals surface area contributed by atoms with E-state index in [0.29, 0.717) is 5.69 Å². The van der Waals surface area contributed by atoms with Gasteiger partial charge in [0.2, 0.25) is 0 Å². The van der Waals surface area contributed by atoms with Gasteiger partial charge in [-0.05, 0) is 36.1 Å². The molecule has 2 aromatic rings. The van der Waals surface area contributed by atoms with E-state index in [4.69, 9.17) is 9.72 Å². The van der Waals surface area contributed by atoms with Crippen molar-refractivity contribution in [3.05, 3.63) is 58.7 Å². The fraction of sp³-hybridized carbons (Fsp3) is 0.481. The highest BCUT2D eigenvalue weighted by Gasteiger charge is 2.24. The van der Waals surface area contributed by atoms with Crippen LogP contribution in [-0.2, 0) is 16.1 Å². The molecule has 0 radical (unpaired) electrons. The zero-order valence-electron chi connectivity index (χ0n) is 20.6. The van der Waals surface area contributed by atoms with Crippen molar-refractivity contribution in [2.45, 2.75) is 71.2 Å². The van der Waals surface area contributed by atoms with Crippen molar-refractivity contribution in [2.24, 2.45) is 0 Å². The molecule has 3 N–H and O–H groups in total. The second-order valence-corrected chi connectivity index (χ2v) is 9.05.